The first kappa shape index (κ1) is 18.7. The van der Waals surface area contributed by atoms with E-state index >= 15 is 0 Å². The van der Waals surface area contributed by atoms with Gasteiger partial charge < -0.3 is 15.0 Å². The Morgan fingerprint density at radius 2 is 2.08 bits per heavy atom. The summed E-state index contributed by atoms with van der Waals surface area (Å²) in [5.41, 5.74) is 1.05. The third kappa shape index (κ3) is 4.36. The Hall–Kier alpha value is -2.08. The van der Waals surface area contributed by atoms with Crippen LogP contribution in [0.3, 0.4) is 0 Å². The van der Waals surface area contributed by atoms with Crippen LogP contribution >= 0.6 is 0 Å². The van der Waals surface area contributed by atoms with Gasteiger partial charge in [0.05, 0.1) is 13.0 Å². The monoisotopic (exact) mass is 359 g/mol. The average molecular weight is 359 g/mol. The number of methoxy groups -OCH3 is 1. The lowest BCUT2D eigenvalue weighted by molar-refractivity contribution is -0.129. The minimum Gasteiger partial charge on any atom is -0.497 e. The molecule has 3 rings (SSSR count). The molecule has 2 amide bonds. The van der Waals surface area contributed by atoms with Crippen molar-refractivity contribution in [2.24, 2.45) is 5.92 Å². The first-order valence-corrected chi connectivity index (χ1v) is 9.53. The zero-order chi connectivity index (χ0) is 18.5. The number of likely N-dealkylation sites (tertiary alicyclic amines) is 2. The molecule has 2 aliphatic rings. The number of carbonyl (C=O) groups excluding carboxylic acids is 2. The molecule has 2 heterocycles. The molecule has 6 heteroatoms. The van der Waals surface area contributed by atoms with Crippen molar-refractivity contribution in [1.82, 2.24) is 15.1 Å². The number of hydrogen-bond donors (Lipinski definition) is 1. The van der Waals surface area contributed by atoms with Crippen molar-refractivity contribution in [3.8, 4) is 5.75 Å². The molecule has 2 unspecified atom stereocenters. The van der Waals surface area contributed by atoms with Gasteiger partial charge in [-0.2, -0.15) is 0 Å². The van der Waals surface area contributed by atoms with Crippen LogP contribution in [0.5, 0.6) is 5.75 Å². The number of carbonyl (C=O) groups is 2. The number of hydrogen-bond acceptors (Lipinski definition) is 4. The Kier molecular flexibility index (Phi) is 6.14. The van der Waals surface area contributed by atoms with Gasteiger partial charge >= 0.3 is 0 Å². The van der Waals surface area contributed by atoms with Gasteiger partial charge in [-0.15, -0.1) is 0 Å². The molecule has 2 atom stereocenters. The molecule has 0 aromatic heterocycles. The van der Waals surface area contributed by atoms with Crippen LogP contribution in [-0.2, 0) is 16.1 Å². The summed E-state index contributed by atoms with van der Waals surface area (Å²) < 4.78 is 5.16. The van der Waals surface area contributed by atoms with Crippen LogP contribution < -0.4 is 10.1 Å². The zero-order valence-corrected chi connectivity index (χ0v) is 15.7. The number of likely N-dealkylation sites (N-methyl/N-ethyl adjacent to an activating group) is 1. The Morgan fingerprint density at radius 1 is 1.31 bits per heavy atom. The first-order chi connectivity index (χ1) is 12.6. The van der Waals surface area contributed by atoms with Crippen molar-refractivity contribution in [2.75, 3.05) is 33.3 Å². The maximum absolute atomic E-state index is 12.5. The van der Waals surface area contributed by atoms with E-state index in [1.54, 1.807) is 12.0 Å². The third-order valence-electron chi connectivity index (χ3n) is 5.53. The SMILES string of the molecule is CCN1CCCC1CNC(=O)C1CC(=O)N(Cc2ccc(OC)cc2)C1. The molecule has 0 bridgehead atoms. The van der Waals surface area contributed by atoms with E-state index in [1.165, 1.54) is 6.42 Å². The number of nitrogens with one attached hydrogen (secondary N) is 1. The molecule has 6 nitrogen and oxygen atoms in total. The fraction of sp³-hybridized carbons (Fsp3) is 0.600. The maximum Gasteiger partial charge on any atom is 0.225 e. The molecule has 0 saturated carbocycles. The summed E-state index contributed by atoms with van der Waals surface area (Å²) in [6.45, 7) is 6.03. The molecule has 142 valence electrons. The van der Waals surface area contributed by atoms with Crippen molar-refractivity contribution in [1.29, 1.82) is 0 Å². The number of nitrogens with zero attached hydrogens (tertiary/aromatic N) is 2. The van der Waals surface area contributed by atoms with E-state index in [9.17, 15) is 9.59 Å². The van der Waals surface area contributed by atoms with Crippen LogP contribution in [0.25, 0.3) is 0 Å². The van der Waals surface area contributed by atoms with Gasteiger partial charge in [-0.05, 0) is 43.6 Å². The fourth-order valence-electron chi connectivity index (χ4n) is 3.96. The molecule has 2 aliphatic heterocycles. The topological polar surface area (TPSA) is 61.9 Å². The van der Waals surface area contributed by atoms with Gasteiger partial charge in [0.25, 0.3) is 0 Å². The van der Waals surface area contributed by atoms with Crippen molar-refractivity contribution < 1.29 is 14.3 Å². The molecule has 0 spiro atoms. The summed E-state index contributed by atoms with van der Waals surface area (Å²) >= 11 is 0. The Morgan fingerprint density at radius 3 is 2.77 bits per heavy atom. The van der Waals surface area contributed by atoms with Crippen molar-refractivity contribution in [3.63, 3.8) is 0 Å². The molecular weight excluding hydrogens is 330 g/mol. The number of benzene rings is 1. The predicted molar refractivity (Wildman–Crippen MR) is 99.8 cm³/mol. The lowest BCUT2D eigenvalue weighted by atomic mass is 10.1. The third-order valence-corrected chi connectivity index (χ3v) is 5.53. The molecule has 0 radical (unpaired) electrons. The Bertz CT molecular complexity index is 632. The minimum absolute atomic E-state index is 0.0125. The lowest BCUT2D eigenvalue weighted by Gasteiger charge is -2.23. The van der Waals surface area contributed by atoms with Crippen LogP contribution in [0.1, 0.15) is 31.7 Å². The summed E-state index contributed by atoms with van der Waals surface area (Å²) in [5.74, 6) is 0.625. The summed E-state index contributed by atoms with van der Waals surface area (Å²) in [7, 11) is 1.63. The smallest absolute Gasteiger partial charge is 0.225 e. The second kappa shape index (κ2) is 8.54. The minimum atomic E-state index is -0.239. The van der Waals surface area contributed by atoms with E-state index in [4.69, 9.17) is 4.74 Å². The lowest BCUT2D eigenvalue weighted by Crippen LogP contribution is -2.42. The standard InChI is InChI=1S/C20H29N3O3/c1-3-22-10-4-5-17(22)12-21-20(25)16-11-19(24)23(14-16)13-15-6-8-18(26-2)9-7-15/h6-9,16-17H,3-5,10-14H2,1-2H3,(H,21,25). The van der Waals surface area contributed by atoms with Crippen molar-refractivity contribution >= 4 is 11.8 Å². The van der Waals surface area contributed by atoms with Crippen LogP contribution in [0.2, 0.25) is 0 Å². The second-order valence-corrected chi connectivity index (χ2v) is 7.19. The highest BCUT2D eigenvalue weighted by atomic mass is 16.5. The summed E-state index contributed by atoms with van der Waals surface area (Å²) in [6, 6.07) is 8.14. The van der Waals surface area contributed by atoms with Gasteiger partial charge in [0.15, 0.2) is 0 Å². The molecule has 26 heavy (non-hydrogen) atoms. The van der Waals surface area contributed by atoms with Crippen molar-refractivity contribution in [3.05, 3.63) is 29.8 Å². The van der Waals surface area contributed by atoms with E-state index < -0.39 is 0 Å². The van der Waals surface area contributed by atoms with E-state index in [1.807, 2.05) is 24.3 Å². The quantitative estimate of drug-likeness (QED) is 0.804. The highest BCUT2D eigenvalue weighted by Crippen LogP contribution is 2.22. The van der Waals surface area contributed by atoms with Gasteiger partial charge in [-0.1, -0.05) is 19.1 Å². The molecule has 1 N–H and O–H groups in total. The molecule has 1 aromatic carbocycles. The van der Waals surface area contributed by atoms with E-state index in [2.05, 4.69) is 17.1 Å². The second-order valence-electron chi connectivity index (χ2n) is 7.19. The van der Waals surface area contributed by atoms with Gasteiger partial charge in [-0.3, -0.25) is 14.5 Å². The van der Waals surface area contributed by atoms with Crippen LogP contribution in [0.15, 0.2) is 24.3 Å². The zero-order valence-electron chi connectivity index (χ0n) is 15.7. The van der Waals surface area contributed by atoms with Crippen LogP contribution in [-0.4, -0.2) is 60.9 Å². The van der Waals surface area contributed by atoms with E-state index in [0.717, 1.165) is 30.8 Å². The number of ether oxygens (including phenoxy) is 1. The van der Waals surface area contributed by atoms with Crippen LogP contribution in [0.4, 0.5) is 0 Å². The molecule has 2 saturated heterocycles. The molecule has 1 aromatic rings. The summed E-state index contributed by atoms with van der Waals surface area (Å²) in [6.07, 6.45) is 2.65. The number of amides is 2. The summed E-state index contributed by atoms with van der Waals surface area (Å²) in [5, 5.41) is 3.07. The van der Waals surface area contributed by atoms with Crippen LogP contribution in [0, 0.1) is 5.92 Å². The summed E-state index contributed by atoms with van der Waals surface area (Å²) in [4.78, 5) is 29.0. The predicted octanol–water partition coefficient (Wildman–Crippen LogP) is 1.64. The van der Waals surface area contributed by atoms with Gasteiger partial charge in [0.1, 0.15) is 5.75 Å². The first-order valence-electron chi connectivity index (χ1n) is 9.53. The highest BCUT2D eigenvalue weighted by molar-refractivity contribution is 5.89. The average Bonchev–Trinajstić information content (AvgIpc) is 3.27. The Labute approximate surface area is 155 Å². The van der Waals surface area contributed by atoms with E-state index in [-0.39, 0.29) is 17.7 Å². The van der Waals surface area contributed by atoms with Gasteiger partial charge in [0.2, 0.25) is 11.8 Å². The largest absolute Gasteiger partial charge is 0.497 e. The van der Waals surface area contributed by atoms with Gasteiger partial charge in [0, 0.05) is 32.1 Å². The Balaban J connectivity index is 1.49. The molecule has 2 fully saturated rings. The van der Waals surface area contributed by atoms with Crippen molar-refractivity contribution in [2.45, 2.75) is 38.8 Å². The fourth-order valence-corrected chi connectivity index (χ4v) is 3.96. The molecule has 0 aliphatic carbocycles. The highest BCUT2D eigenvalue weighted by Gasteiger charge is 2.34. The molecular formula is C20H29N3O3. The number of rotatable bonds is 7. The maximum atomic E-state index is 12.5. The van der Waals surface area contributed by atoms with Gasteiger partial charge in [-0.25, -0.2) is 0 Å². The van der Waals surface area contributed by atoms with E-state index in [0.29, 0.717) is 32.1 Å². The normalized spacial score (nSPS) is 23.5.